The van der Waals surface area contributed by atoms with Gasteiger partial charge in [0.15, 0.2) is 0 Å². The third-order valence-electron chi connectivity index (χ3n) is 4.86. The van der Waals surface area contributed by atoms with Gasteiger partial charge >= 0.3 is 0 Å². The van der Waals surface area contributed by atoms with E-state index in [1.165, 1.54) is 0 Å². The van der Waals surface area contributed by atoms with E-state index in [1.807, 2.05) is 30.3 Å². The molecule has 1 atom stereocenters. The molecule has 1 aliphatic rings. The smallest absolute Gasteiger partial charge is 0.227 e. The van der Waals surface area contributed by atoms with Gasteiger partial charge in [0.25, 0.3) is 0 Å². The van der Waals surface area contributed by atoms with E-state index in [0.717, 1.165) is 37.2 Å². The topological polar surface area (TPSA) is 76.4 Å². The van der Waals surface area contributed by atoms with E-state index in [4.69, 9.17) is 5.26 Å². The van der Waals surface area contributed by atoms with Gasteiger partial charge in [-0.15, -0.1) is 0 Å². The molecule has 0 aromatic heterocycles. The minimum Gasteiger partial charge on any atom is -0.387 e. The fourth-order valence-corrected chi connectivity index (χ4v) is 3.27. The molecular formula is C21H23N3O2. The Balaban J connectivity index is 1.47. The molecule has 1 heterocycles. The lowest BCUT2D eigenvalue weighted by molar-refractivity contribution is -0.121. The molecule has 26 heavy (non-hydrogen) atoms. The highest BCUT2D eigenvalue weighted by Crippen LogP contribution is 2.22. The van der Waals surface area contributed by atoms with Crippen LogP contribution in [0.2, 0.25) is 0 Å². The van der Waals surface area contributed by atoms with Crippen molar-refractivity contribution < 1.29 is 9.90 Å². The van der Waals surface area contributed by atoms with Crippen molar-refractivity contribution in [3.8, 4) is 6.07 Å². The van der Waals surface area contributed by atoms with Gasteiger partial charge in [-0.1, -0.05) is 30.3 Å². The van der Waals surface area contributed by atoms with Gasteiger partial charge in [-0.25, -0.2) is 0 Å². The number of hydrogen-bond donors (Lipinski definition) is 2. The number of nitriles is 1. The van der Waals surface area contributed by atoms with Crippen LogP contribution in [0.25, 0.3) is 0 Å². The number of β-amino-alcohol motifs (C(OH)–C–C–N with tert-alkyl or cyclic N) is 1. The molecule has 5 nitrogen and oxygen atoms in total. The summed E-state index contributed by atoms with van der Waals surface area (Å²) in [6, 6.07) is 18.6. The van der Waals surface area contributed by atoms with Crippen LogP contribution >= 0.6 is 0 Å². The predicted molar refractivity (Wildman–Crippen MR) is 100 cm³/mol. The molecule has 1 amide bonds. The Bertz CT molecular complexity index is 760. The van der Waals surface area contributed by atoms with Gasteiger partial charge in [0.05, 0.1) is 17.7 Å². The molecule has 0 spiro atoms. The first-order valence-electron chi connectivity index (χ1n) is 8.92. The lowest BCUT2D eigenvalue weighted by atomic mass is 9.95. The first-order chi connectivity index (χ1) is 12.7. The molecule has 0 bridgehead atoms. The summed E-state index contributed by atoms with van der Waals surface area (Å²) in [4.78, 5) is 14.6. The molecule has 1 saturated heterocycles. The van der Waals surface area contributed by atoms with Gasteiger partial charge in [-0.3, -0.25) is 4.79 Å². The summed E-state index contributed by atoms with van der Waals surface area (Å²) < 4.78 is 0. The number of piperidine rings is 1. The number of aliphatic hydroxyl groups is 1. The maximum atomic E-state index is 12.4. The van der Waals surface area contributed by atoms with Crippen LogP contribution in [0.15, 0.2) is 54.6 Å². The number of likely N-dealkylation sites (tertiary alicyclic amines) is 1. The average molecular weight is 349 g/mol. The van der Waals surface area contributed by atoms with Crippen LogP contribution in [0.5, 0.6) is 0 Å². The predicted octanol–water partition coefficient (Wildman–Crippen LogP) is 2.94. The number of benzene rings is 2. The lowest BCUT2D eigenvalue weighted by Crippen LogP contribution is -2.40. The van der Waals surface area contributed by atoms with Crippen molar-refractivity contribution in [1.29, 1.82) is 5.26 Å². The second-order valence-electron chi connectivity index (χ2n) is 6.68. The number of anilines is 1. The zero-order valence-corrected chi connectivity index (χ0v) is 14.6. The van der Waals surface area contributed by atoms with Gasteiger partial charge in [0.2, 0.25) is 5.91 Å². The largest absolute Gasteiger partial charge is 0.387 e. The summed E-state index contributed by atoms with van der Waals surface area (Å²) in [6.07, 6.45) is 0.995. The Morgan fingerprint density at radius 2 is 1.81 bits per heavy atom. The van der Waals surface area contributed by atoms with E-state index in [2.05, 4.69) is 16.3 Å². The summed E-state index contributed by atoms with van der Waals surface area (Å²) >= 11 is 0. The summed E-state index contributed by atoms with van der Waals surface area (Å²) in [5, 5.41) is 22.2. The molecule has 134 valence electrons. The molecule has 1 unspecified atom stereocenters. The standard InChI is InChI=1S/C21H23N3O2/c22-14-16-6-8-17(9-7-16)20(25)15-24-12-10-18(11-13-24)21(26)23-19-4-2-1-3-5-19/h1-9,18,20,25H,10-13,15H2,(H,23,26). The van der Waals surface area contributed by atoms with Gasteiger partial charge in [0, 0.05) is 18.2 Å². The molecular weight excluding hydrogens is 326 g/mol. The summed E-state index contributed by atoms with van der Waals surface area (Å²) in [5.74, 6) is 0.0852. The highest BCUT2D eigenvalue weighted by Gasteiger charge is 2.26. The van der Waals surface area contributed by atoms with Crippen molar-refractivity contribution in [2.45, 2.75) is 18.9 Å². The van der Waals surface area contributed by atoms with Crippen LogP contribution in [-0.2, 0) is 4.79 Å². The highest BCUT2D eigenvalue weighted by atomic mass is 16.3. The molecule has 0 aliphatic carbocycles. The third-order valence-corrected chi connectivity index (χ3v) is 4.86. The number of hydrogen-bond acceptors (Lipinski definition) is 4. The fraction of sp³-hybridized carbons (Fsp3) is 0.333. The molecule has 1 aliphatic heterocycles. The van der Waals surface area contributed by atoms with Crippen LogP contribution in [0.3, 0.4) is 0 Å². The monoisotopic (exact) mass is 349 g/mol. The van der Waals surface area contributed by atoms with E-state index in [-0.39, 0.29) is 11.8 Å². The zero-order chi connectivity index (χ0) is 18.4. The maximum absolute atomic E-state index is 12.4. The van der Waals surface area contributed by atoms with Gasteiger partial charge in [0.1, 0.15) is 0 Å². The second kappa shape index (κ2) is 8.61. The van der Waals surface area contributed by atoms with Crippen LogP contribution < -0.4 is 5.32 Å². The van der Waals surface area contributed by atoms with Crippen molar-refractivity contribution in [1.82, 2.24) is 4.90 Å². The Kier molecular flexibility index (Phi) is 6.00. The number of amides is 1. The van der Waals surface area contributed by atoms with E-state index in [9.17, 15) is 9.90 Å². The normalized spacial score (nSPS) is 16.6. The summed E-state index contributed by atoms with van der Waals surface area (Å²) in [5.41, 5.74) is 2.23. The molecule has 1 fully saturated rings. The SMILES string of the molecule is N#Cc1ccc(C(O)CN2CCC(C(=O)Nc3ccccc3)CC2)cc1. The Labute approximate surface area is 153 Å². The van der Waals surface area contributed by atoms with Gasteiger partial charge in [-0.2, -0.15) is 5.26 Å². The number of nitrogens with one attached hydrogen (secondary N) is 1. The third kappa shape index (κ3) is 4.69. The minimum absolute atomic E-state index is 0.0125. The van der Waals surface area contributed by atoms with Crippen molar-refractivity contribution in [2.75, 3.05) is 25.0 Å². The first kappa shape index (κ1) is 18.1. The van der Waals surface area contributed by atoms with Crippen LogP contribution in [0.4, 0.5) is 5.69 Å². The molecule has 3 rings (SSSR count). The molecule has 5 heteroatoms. The van der Waals surface area contributed by atoms with E-state index >= 15 is 0 Å². The Hall–Kier alpha value is -2.68. The summed E-state index contributed by atoms with van der Waals surface area (Å²) in [7, 11) is 0. The van der Waals surface area contributed by atoms with E-state index < -0.39 is 6.10 Å². The van der Waals surface area contributed by atoms with Crippen LogP contribution in [0, 0.1) is 17.2 Å². The van der Waals surface area contributed by atoms with Crippen molar-refractivity contribution >= 4 is 11.6 Å². The number of carbonyl (C=O) groups excluding carboxylic acids is 1. The highest BCUT2D eigenvalue weighted by molar-refractivity contribution is 5.92. The quantitative estimate of drug-likeness (QED) is 0.870. The first-order valence-corrected chi connectivity index (χ1v) is 8.92. The average Bonchev–Trinajstić information content (AvgIpc) is 2.69. The summed E-state index contributed by atoms with van der Waals surface area (Å²) in [6.45, 7) is 2.12. The minimum atomic E-state index is -0.586. The molecule has 0 radical (unpaired) electrons. The lowest BCUT2D eigenvalue weighted by Gasteiger charge is -2.32. The molecule has 0 saturated carbocycles. The number of rotatable bonds is 5. The molecule has 2 aromatic rings. The van der Waals surface area contributed by atoms with Crippen molar-refractivity contribution in [2.24, 2.45) is 5.92 Å². The second-order valence-corrected chi connectivity index (χ2v) is 6.68. The van der Waals surface area contributed by atoms with Crippen molar-refractivity contribution in [3.05, 3.63) is 65.7 Å². The van der Waals surface area contributed by atoms with Gasteiger partial charge in [-0.05, 0) is 55.8 Å². The van der Waals surface area contributed by atoms with Crippen LogP contribution in [0.1, 0.15) is 30.1 Å². The number of para-hydroxylation sites is 1. The zero-order valence-electron chi connectivity index (χ0n) is 14.6. The number of nitrogens with zero attached hydrogens (tertiary/aromatic N) is 2. The molecule has 2 N–H and O–H groups in total. The van der Waals surface area contributed by atoms with Crippen LogP contribution in [-0.4, -0.2) is 35.5 Å². The maximum Gasteiger partial charge on any atom is 0.227 e. The Morgan fingerprint density at radius 1 is 1.15 bits per heavy atom. The van der Waals surface area contributed by atoms with E-state index in [0.29, 0.717) is 12.1 Å². The van der Waals surface area contributed by atoms with Crippen molar-refractivity contribution in [3.63, 3.8) is 0 Å². The van der Waals surface area contributed by atoms with Gasteiger partial charge < -0.3 is 15.3 Å². The number of aliphatic hydroxyl groups excluding tert-OH is 1. The van der Waals surface area contributed by atoms with E-state index in [1.54, 1.807) is 24.3 Å². The number of carbonyl (C=O) groups is 1. The molecule has 2 aromatic carbocycles. The Morgan fingerprint density at radius 3 is 2.42 bits per heavy atom. The fourth-order valence-electron chi connectivity index (χ4n) is 3.27.